The van der Waals surface area contributed by atoms with Crippen LogP contribution in [0, 0.1) is 6.92 Å². The molecular formula is C22H26BNO4. The van der Waals surface area contributed by atoms with Gasteiger partial charge in [0.05, 0.1) is 5.68 Å². The Morgan fingerprint density at radius 1 is 1.11 bits per heavy atom. The predicted octanol–water partition coefficient (Wildman–Crippen LogP) is 3.33. The molecule has 0 fully saturated rings. The van der Waals surface area contributed by atoms with Gasteiger partial charge in [0.15, 0.2) is 7.85 Å². The first-order valence-electron chi connectivity index (χ1n) is 9.17. The van der Waals surface area contributed by atoms with Crippen molar-refractivity contribution in [3.05, 3.63) is 41.5 Å². The maximum atomic E-state index is 12.9. The monoisotopic (exact) mass is 379 g/mol. The number of carbonyl (C=O) groups is 3. The van der Waals surface area contributed by atoms with E-state index in [1.807, 2.05) is 51.1 Å². The minimum atomic E-state index is -1.21. The molecule has 0 spiro atoms. The molecule has 2 rings (SSSR count). The summed E-state index contributed by atoms with van der Waals surface area (Å²) >= 11 is 0. The second-order valence-electron chi connectivity index (χ2n) is 8.34. The molecular weight excluding hydrogens is 353 g/mol. The Morgan fingerprint density at radius 3 is 2.29 bits per heavy atom. The summed E-state index contributed by atoms with van der Waals surface area (Å²) in [6, 6.07) is 9.57. The van der Waals surface area contributed by atoms with E-state index in [9.17, 15) is 14.4 Å². The van der Waals surface area contributed by atoms with E-state index >= 15 is 0 Å². The molecule has 1 amide bonds. The number of rotatable bonds is 6. The van der Waals surface area contributed by atoms with Crippen LogP contribution in [0.5, 0.6) is 5.75 Å². The van der Waals surface area contributed by atoms with E-state index in [1.165, 1.54) is 6.92 Å². The topological polar surface area (TPSA) is 72.5 Å². The van der Waals surface area contributed by atoms with Crippen LogP contribution in [0.4, 0.5) is 0 Å². The third-order valence-electron chi connectivity index (χ3n) is 4.69. The Bertz CT molecular complexity index is 947. The van der Waals surface area contributed by atoms with Crippen LogP contribution < -0.4 is 10.1 Å². The number of fused-ring (bicyclic) bond motifs is 1. The molecule has 146 valence electrons. The molecule has 0 bridgehead atoms. The molecule has 0 aliphatic carbocycles. The summed E-state index contributed by atoms with van der Waals surface area (Å²) < 4.78 is 5.87. The second-order valence-corrected chi connectivity index (χ2v) is 8.34. The summed E-state index contributed by atoms with van der Waals surface area (Å²) in [4.78, 5) is 36.0. The molecule has 2 aromatic rings. The largest absolute Gasteiger partial charge is 0.424 e. The smallest absolute Gasteiger partial charge is 0.336 e. The van der Waals surface area contributed by atoms with Crippen LogP contribution in [0.2, 0.25) is 0 Å². The zero-order valence-corrected chi connectivity index (χ0v) is 17.3. The summed E-state index contributed by atoms with van der Waals surface area (Å²) in [5.41, 5.74) is -0.648. The highest BCUT2D eigenvalue weighted by atomic mass is 16.5. The van der Waals surface area contributed by atoms with Crippen molar-refractivity contribution < 1.29 is 19.1 Å². The Morgan fingerprint density at radius 2 is 1.71 bits per heavy atom. The molecule has 2 radical (unpaired) electrons. The fraction of sp³-hybridized carbons (Fsp3) is 0.409. The molecule has 0 heterocycles. The van der Waals surface area contributed by atoms with E-state index in [1.54, 1.807) is 13.8 Å². The van der Waals surface area contributed by atoms with Crippen molar-refractivity contribution in [3.63, 3.8) is 0 Å². The van der Waals surface area contributed by atoms with Crippen LogP contribution >= 0.6 is 0 Å². The number of ether oxygens (including phenoxy) is 1. The van der Waals surface area contributed by atoms with Gasteiger partial charge in [-0.2, -0.15) is 0 Å². The molecule has 0 aromatic heterocycles. The van der Waals surface area contributed by atoms with E-state index < -0.39 is 22.6 Å². The normalized spacial score (nSPS) is 11.9. The zero-order valence-electron chi connectivity index (χ0n) is 17.3. The van der Waals surface area contributed by atoms with Crippen LogP contribution in [0.1, 0.15) is 52.2 Å². The maximum Gasteiger partial charge on any atom is 0.336 e. The van der Waals surface area contributed by atoms with Crippen molar-refractivity contribution in [2.24, 2.45) is 0 Å². The lowest BCUT2D eigenvalue weighted by atomic mass is 9.74. The van der Waals surface area contributed by atoms with Gasteiger partial charge in [0.1, 0.15) is 11.3 Å². The van der Waals surface area contributed by atoms with Crippen LogP contribution in [0.15, 0.2) is 30.3 Å². The van der Waals surface area contributed by atoms with Crippen molar-refractivity contribution in [3.8, 4) is 5.75 Å². The number of benzene rings is 2. The lowest BCUT2D eigenvalue weighted by molar-refractivity contribution is -0.143. The lowest BCUT2D eigenvalue weighted by Crippen LogP contribution is -2.51. The number of nitrogens with one attached hydrogen (secondary N) is 1. The number of aryl methyl sites for hydroxylation is 1. The van der Waals surface area contributed by atoms with Crippen molar-refractivity contribution in [1.82, 2.24) is 5.32 Å². The Balaban J connectivity index is 2.68. The van der Waals surface area contributed by atoms with Gasteiger partial charge in [-0.25, -0.2) is 4.79 Å². The number of amides is 1. The van der Waals surface area contributed by atoms with Gasteiger partial charge in [0, 0.05) is 24.3 Å². The molecule has 1 N–H and O–H groups in total. The molecule has 0 aliphatic rings. The Labute approximate surface area is 167 Å². The Kier molecular flexibility index (Phi) is 6.02. The summed E-state index contributed by atoms with van der Waals surface area (Å²) in [7, 11) is 5.46. The molecule has 0 saturated carbocycles. The van der Waals surface area contributed by atoms with Gasteiger partial charge >= 0.3 is 5.97 Å². The molecule has 0 unspecified atom stereocenters. The van der Waals surface area contributed by atoms with Crippen molar-refractivity contribution in [2.75, 3.05) is 0 Å². The zero-order chi connectivity index (χ0) is 21.3. The first kappa shape index (κ1) is 21.7. The Hall–Kier alpha value is -2.63. The SMILES string of the molecule is [B]C(=O)CC(C)(C)c1c(C)cc2ccccc2c1OC(=O)C(C)(C)NC(C)=O. The number of hydrogen-bond donors (Lipinski definition) is 1. The van der Waals surface area contributed by atoms with Gasteiger partial charge < -0.3 is 14.8 Å². The second kappa shape index (κ2) is 7.78. The fourth-order valence-corrected chi connectivity index (χ4v) is 3.63. The van der Waals surface area contributed by atoms with Crippen molar-refractivity contribution >= 4 is 36.2 Å². The highest BCUT2D eigenvalue weighted by molar-refractivity contribution is 6.57. The minimum Gasteiger partial charge on any atom is -0.424 e. The van der Waals surface area contributed by atoms with Gasteiger partial charge in [-0.3, -0.25) is 4.79 Å². The molecule has 2 aromatic carbocycles. The third-order valence-corrected chi connectivity index (χ3v) is 4.69. The quantitative estimate of drug-likeness (QED) is 0.475. The molecule has 6 heteroatoms. The molecule has 28 heavy (non-hydrogen) atoms. The van der Waals surface area contributed by atoms with Crippen LogP contribution in [-0.2, 0) is 19.8 Å². The number of esters is 1. The first-order chi connectivity index (χ1) is 12.8. The van der Waals surface area contributed by atoms with Crippen LogP contribution in [0.25, 0.3) is 10.8 Å². The van der Waals surface area contributed by atoms with Gasteiger partial charge in [0.25, 0.3) is 0 Å². The van der Waals surface area contributed by atoms with Gasteiger partial charge in [-0.1, -0.05) is 44.2 Å². The van der Waals surface area contributed by atoms with E-state index in [-0.39, 0.29) is 12.3 Å². The lowest BCUT2D eigenvalue weighted by Gasteiger charge is -2.31. The van der Waals surface area contributed by atoms with Crippen LogP contribution in [0.3, 0.4) is 0 Å². The summed E-state index contributed by atoms with van der Waals surface area (Å²) in [6.07, 6.45) is 0.103. The van der Waals surface area contributed by atoms with E-state index in [0.29, 0.717) is 5.75 Å². The molecule has 5 nitrogen and oxygen atoms in total. The summed E-state index contributed by atoms with van der Waals surface area (Å²) in [5.74, 6) is -0.523. The van der Waals surface area contributed by atoms with Crippen LogP contribution in [-0.4, -0.2) is 30.9 Å². The average Bonchev–Trinajstić information content (AvgIpc) is 2.51. The number of hydrogen-bond acceptors (Lipinski definition) is 4. The fourth-order valence-electron chi connectivity index (χ4n) is 3.63. The van der Waals surface area contributed by atoms with E-state index in [4.69, 9.17) is 12.6 Å². The number of carbonyl (C=O) groups excluding carboxylic acids is 3. The molecule has 0 aliphatic heterocycles. The van der Waals surface area contributed by atoms with E-state index in [0.717, 1.165) is 21.9 Å². The van der Waals surface area contributed by atoms with E-state index in [2.05, 4.69) is 5.32 Å². The van der Waals surface area contributed by atoms with Gasteiger partial charge in [0.2, 0.25) is 5.91 Å². The average molecular weight is 379 g/mol. The first-order valence-corrected chi connectivity index (χ1v) is 9.17. The highest BCUT2D eigenvalue weighted by Crippen LogP contribution is 2.42. The van der Waals surface area contributed by atoms with Gasteiger partial charge in [-0.15, -0.1) is 0 Å². The summed E-state index contributed by atoms with van der Waals surface area (Å²) in [6.45, 7) is 10.2. The van der Waals surface area contributed by atoms with Gasteiger partial charge in [-0.05, 0) is 37.1 Å². The highest BCUT2D eigenvalue weighted by Gasteiger charge is 2.35. The predicted molar refractivity (Wildman–Crippen MR) is 111 cm³/mol. The molecule has 0 saturated heterocycles. The third kappa shape index (κ3) is 4.61. The maximum absolute atomic E-state index is 12.9. The minimum absolute atomic E-state index is 0.103. The molecule has 0 atom stereocenters. The van der Waals surface area contributed by atoms with Crippen molar-refractivity contribution in [2.45, 2.75) is 58.9 Å². The van der Waals surface area contributed by atoms with Crippen molar-refractivity contribution in [1.29, 1.82) is 0 Å². The summed E-state index contributed by atoms with van der Waals surface area (Å²) in [5, 5.41) is 4.28. The standard InChI is InChI=1S/C22H26BNO4/c1-13-11-15-9-7-8-10-16(15)19(18(13)21(3,4)12-17(23)26)28-20(27)22(5,6)24-14(2)25/h7-11H,12H2,1-6H3,(H,24,25).